The van der Waals surface area contributed by atoms with Gasteiger partial charge in [-0.2, -0.15) is 5.26 Å². The Bertz CT molecular complexity index is 580. The van der Waals surface area contributed by atoms with E-state index in [2.05, 4.69) is 6.07 Å². The normalized spacial score (nSPS) is 28.1. The third kappa shape index (κ3) is 1.74. The number of nitrogens with zero attached hydrogens (tertiary/aromatic N) is 1. The van der Waals surface area contributed by atoms with Crippen molar-refractivity contribution in [2.45, 2.75) is 43.1 Å². The fourth-order valence-corrected chi connectivity index (χ4v) is 3.47. The van der Waals surface area contributed by atoms with Crippen molar-refractivity contribution in [3.8, 4) is 11.8 Å². The number of fused-ring (bicyclic) bond motifs is 1. The van der Waals surface area contributed by atoms with E-state index in [1.165, 1.54) is 0 Å². The minimum Gasteiger partial charge on any atom is -0.493 e. The van der Waals surface area contributed by atoms with E-state index < -0.39 is 11.0 Å². The maximum absolute atomic E-state index is 11.5. The predicted molar refractivity (Wildman–Crippen MR) is 72.3 cm³/mol. The highest BCUT2D eigenvalue weighted by Gasteiger charge is 2.55. The van der Waals surface area contributed by atoms with Crippen molar-refractivity contribution >= 4 is 5.78 Å². The van der Waals surface area contributed by atoms with Gasteiger partial charge in [0.25, 0.3) is 0 Å². The number of Topliss-reactive ketones (excluding diaryl/α,β-unsaturated/α-hetero) is 1. The van der Waals surface area contributed by atoms with Crippen LogP contribution in [0.1, 0.15) is 37.7 Å². The summed E-state index contributed by atoms with van der Waals surface area (Å²) in [7, 11) is 0. The predicted octanol–water partition coefficient (Wildman–Crippen LogP) is 2.10. The number of benzene rings is 1. The molecule has 0 saturated heterocycles. The summed E-state index contributed by atoms with van der Waals surface area (Å²) >= 11 is 0. The van der Waals surface area contributed by atoms with Gasteiger partial charge in [0.1, 0.15) is 16.9 Å². The second-order valence-corrected chi connectivity index (χ2v) is 5.68. The van der Waals surface area contributed by atoms with Gasteiger partial charge in [-0.3, -0.25) is 4.79 Å². The molecule has 1 aromatic rings. The van der Waals surface area contributed by atoms with Crippen LogP contribution in [0.4, 0.5) is 0 Å². The second-order valence-electron chi connectivity index (χ2n) is 5.68. The fourth-order valence-electron chi connectivity index (χ4n) is 3.47. The summed E-state index contributed by atoms with van der Waals surface area (Å²) in [5.41, 5.74) is -1.36. The topological polar surface area (TPSA) is 70.3 Å². The summed E-state index contributed by atoms with van der Waals surface area (Å²) in [6.07, 6.45) is 1.87. The molecule has 1 unspecified atom stereocenters. The van der Waals surface area contributed by atoms with Gasteiger partial charge in [-0.25, -0.2) is 0 Å². The zero-order chi connectivity index (χ0) is 14.2. The lowest BCUT2D eigenvalue weighted by Crippen LogP contribution is -2.55. The van der Waals surface area contributed by atoms with Crippen molar-refractivity contribution in [3.63, 3.8) is 0 Å². The Morgan fingerprint density at radius 1 is 1.20 bits per heavy atom. The van der Waals surface area contributed by atoms with Crippen LogP contribution in [-0.2, 0) is 10.2 Å². The Hall–Kier alpha value is -1.86. The molecule has 4 heteroatoms. The molecule has 4 nitrogen and oxygen atoms in total. The SMILES string of the molecule is N#CC1(C2(O)CCC(=O)CC2)CCOc2ccccc21. The van der Waals surface area contributed by atoms with E-state index in [0.29, 0.717) is 44.5 Å². The zero-order valence-corrected chi connectivity index (χ0v) is 11.3. The number of aliphatic hydroxyl groups is 1. The number of rotatable bonds is 1. The van der Waals surface area contributed by atoms with Gasteiger partial charge < -0.3 is 9.84 Å². The lowest BCUT2D eigenvalue weighted by atomic mass is 9.60. The minimum absolute atomic E-state index is 0.170. The van der Waals surface area contributed by atoms with Gasteiger partial charge in [-0.15, -0.1) is 0 Å². The average molecular weight is 271 g/mol. The average Bonchev–Trinajstić information content (AvgIpc) is 2.49. The van der Waals surface area contributed by atoms with Crippen LogP contribution in [-0.4, -0.2) is 23.1 Å². The van der Waals surface area contributed by atoms with E-state index in [0.717, 1.165) is 5.56 Å². The maximum atomic E-state index is 11.5. The van der Waals surface area contributed by atoms with Gasteiger partial charge in [-0.05, 0) is 18.9 Å². The van der Waals surface area contributed by atoms with Crippen molar-refractivity contribution in [1.82, 2.24) is 0 Å². The third-order valence-electron chi connectivity index (χ3n) is 4.70. The molecule has 2 aliphatic rings. The number of nitriles is 1. The van der Waals surface area contributed by atoms with Gasteiger partial charge in [0.2, 0.25) is 0 Å². The Kier molecular flexibility index (Phi) is 3.02. The molecule has 1 saturated carbocycles. The number of carbonyl (C=O) groups is 1. The Morgan fingerprint density at radius 2 is 1.90 bits per heavy atom. The highest BCUT2D eigenvalue weighted by atomic mass is 16.5. The van der Waals surface area contributed by atoms with Crippen LogP contribution >= 0.6 is 0 Å². The number of ether oxygens (including phenoxy) is 1. The van der Waals surface area contributed by atoms with Crippen molar-refractivity contribution in [2.24, 2.45) is 0 Å². The highest BCUT2D eigenvalue weighted by molar-refractivity contribution is 5.79. The monoisotopic (exact) mass is 271 g/mol. The lowest BCUT2D eigenvalue weighted by molar-refractivity contribution is -0.129. The molecule has 1 N–H and O–H groups in total. The third-order valence-corrected chi connectivity index (χ3v) is 4.70. The van der Waals surface area contributed by atoms with E-state index in [9.17, 15) is 15.2 Å². The van der Waals surface area contributed by atoms with Gasteiger partial charge in [0, 0.05) is 24.8 Å². The number of para-hydroxylation sites is 1. The Labute approximate surface area is 118 Å². The second kappa shape index (κ2) is 4.60. The van der Waals surface area contributed by atoms with Crippen molar-refractivity contribution in [1.29, 1.82) is 5.26 Å². The zero-order valence-electron chi connectivity index (χ0n) is 11.3. The molecule has 0 aromatic heterocycles. The van der Waals surface area contributed by atoms with E-state index in [1.54, 1.807) is 0 Å². The number of hydrogen-bond acceptors (Lipinski definition) is 4. The van der Waals surface area contributed by atoms with Gasteiger partial charge in [0.15, 0.2) is 0 Å². The summed E-state index contributed by atoms with van der Waals surface area (Å²) in [4.78, 5) is 11.5. The summed E-state index contributed by atoms with van der Waals surface area (Å²) < 4.78 is 5.61. The molecule has 1 aliphatic carbocycles. The van der Waals surface area contributed by atoms with Crippen molar-refractivity contribution < 1.29 is 14.6 Å². The Balaban J connectivity index is 2.10. The molecule has 3 rings (SSSR count). The number of ketones is 1. The molecule has 0 amide bonds. The molecule has 0 radical (unpaired) electrons. The lowest BCUT2D eigenvalue weighted by Gasteiger charge is -2.47. The Morgan fingerprint density at radius 3 is 2.60 bits per heavy atom. The molecule has 0 bridgehead atoms. The molecular weight excluding hydrogens is 254 g/mol. The van der Waals surface area contributed by atoms with Crippen LogP contribution in [0.25, 0.3) is 0 Å². The molecule has 20 heavy (non-hydrogen) atoms. The minimum atomic E-state index is -1.14. The van der Waals surface area contributed by atoms with Crippen LogP contribution in [0.2, 0.25) is 0 Å². The first-order valence-corrected chi connectivity index (χ1v) is 6.99. The molecular formula is C16H17NO3. The molecule has 1 atom stereocenters. The number of hydrogen-bond donors (Lipinski definition) is 1. The fraction of sp³-hybridized carbons (Fsp3) is 0.500. The first-order chi connectivity index (χ1) is 9.61. The molecule has 1 heterocycles. The summed E-state index contributed by atoms with van der Waals surface area (Å²) in [6.45, 7) is 0.417. The van der Waals surface area contributed by atoms with Crippen LogP contribution in [0.5, 0.6) is 5.75 Å². The van der Waals surface area contributed by atoms with E-state index >= 15 is 0 Å². The molecule has 1 aromatic carbocycles. The highest BCUT2D eigenvalue weighted by Crippen LogP contribution is 2.50. The summed E-state index contributed by atoms with van der Waals surface area (Å²) in [5, 5.41) is 20.9. The van der Waals surface area contributed by atoms with Crippen molar-refractivity contribution in [3.05, 3.63) is 29.8 Å². The van der Waals surface area contributed by atoms with Crippen LogP contribution < -0.4 is 4.74 Å². The number of carbonyl (C=O) groups excluding carboxylic acids is 1. The maximum Gasteiger partial charge on any atom is 0.133 e. The molecule has 1 aliphatic heterocycles. The first kappa shape index (κ1) is 13.1. The van der Waals surface area contributed by atoms with Crippen molar-refractivity contribution in [2.75, 3.05) is 6.61 Å². The molecule has 1 fully saturated rings. The van der Waals surface area contributed by atoms with Crippen LogP contribution in [0.15, 0.2) is 24.3 Å². The summed E-state index contributed by atoms with van der Waals surface area (Å²) in [5.74, 6) is 0.841. The van der Waals surface area contributed by atoms with E-state index in [4.69, 9.17) is 4.74 Å². The van der Waals surface area contributed by atoms with Gasteiger partial charge in [0.05, 0.1) is 18.3 Å². The first-order valence-electron chi connectivity index (χ1n) is 6.99. The van der Waals surface area contributed by atoms with E-state index in [1.807, 2.05) is 24.3 Å². The van der Waals surface area contributed by atoms with Crippen LogP contribution in [0, 0.1) is 11.3 Å². The van der Waals surface area contributed by atoms with Crippen LogP contribution in [0.3, 0.4) is 0 Å². The quantitative estimate of drug-likeness (QED) is 0.849. The van der Waals surface area contributed by atoms with Gasteiger partial charge >= 0.3 is 0 Å². The smallest absolute Gasteiger partial charge is 0.133 e. The van der Waals surface area contributed by atoms with Gasteiger partial charge in [-0.1, -0.05) is 18.2 Å². The molecule has 104 valence electrons. The molecule has 0 spiro atoms. The summed E-state index contributed by atoms with van der Waals surface area (Å²) in [6, 6.07) is 9.76. The standard InChI is InChI=1S/C16H17NO3/c17-11-15(16(19)7-5-12(18)6-8-16)9-10-20-14-4-2-1-3-13(14)15/h1-4,19H,5-10H2. The largest absolute Gasteiger partial charge is 0.493 e. The van der Waals surface area contributed by atoms with E-state index in [-0.39, 0.29) is 5.78 Å².